The van der Waals surface area contributed by atoms with Gasteiger partial charge in [0.05, 0.1) is 6.10 Å². The minimum atomic E-state index is -1.27. The average Bonchev–Trinajstić information content (AvgIpc) is 2.28. The third-order valence-corrected chi connectivity index (χ3v) is 5.28. The van der Waals surface area contributed by atoms with Crippen LogP contribution in [0, 0.1) is 17.3 Å². The minimum Gasteiger partial charge on any atom is -0.389 e. The lowest BCUT2D eigenvalue weighted by atomic mass is 9.55. The van der Waals surface area contributed by atoms with Gasteiger partial charge in [-0.05, 0) is 48.2 Å². The van der Waals surface area contributed by atoms with Crippen molar-refractivity contribution in [2.24, 2.45) is 17.3 Å². The molecule has 0 bridgehead atoms. The fourth-order valence-corrected chi connectivity index (χ4v) is 3.49. The summed E-state index contributed by atoms with van der Waals surface area (Å²) in [5.41, 5.74) is -0.703. The van der Waals surface area contributed by atoms with E-state index >= 15 is 0 Å². The van der Waals surface area contributed by atoms with E-state index in [0.29, 0.717) is 12.3 Å². The van der Waals surface area contributed by atoms with Gasteiger partial charge in [0.2, 0.25) is 0 Å². The van der Waals surface area contributed by atoms with Gasteiger partial charge >= 0.3 is 0 Å². The number of carbonyl (C=O) groups is 1. The predicted molar refractivity (Wildman–Crippen MR) is 70.0 cm³/mol. The van der Waals surface area contributed by atoms with Crippen molar-refractivity contribution in [2.75, 3.05) is 0 Å². The van der Waals surface area contributed by atoms with Crippen LogP contribution in [0.25, 0.3) is 0 Å². The second kappa shape index (κ2) is 4.17. The van der Waals surface area contributed by atoms with E-state index in [0.717, 1.165) is 18.4 Å². The summed E-state index contributed by atoms with van der Waals surface area (Å²) < 4.78 is 0. The Morgan fingerprint density at radius 3 is 2.56 bits per heavy atom. The van der Waals surface area contributed by atoms with E-state index in [-0.39, 0.29) is 17.1 Å². The Bertz CT molecular complexity index is 399. The van der Waals surface area contributed by atoms with Crippen LogP contribution in [-0.4, -0.2) is 27.7 Å². The molecule has 2 aliphatic rings. The molecule has 0 heterocycles. The third kappa shape index (κ3) is 1.76. The Labute approximate surface area is 109 Å². The van der Waals surface area contributed by atoms with E-state index in [1.165, 1.54) is 6.08 Å². The first-order valence-corrected chi connectivity index (χ1v) is 6.88. The summed E-state index contributed by atoms with van der Waals surface area (Å²) in [5.74, 6) is 0.0366. The monoisotopic (exact) mass is 252 g/mol. The summed E-state index contributed by atoms with van der Waals surface area (Å²) in [6.07, 6.45) is 3.09. The molecule has 0 aromatic carbocycles. The zero-order valence-electron chi connectivity index (χ0n) is 11.7. The second-order valence-corrected chi connectivity index (χ2v) is 6.63. The predicted octanol–water partition coefficient (Wildman–Crippen LogP) is 2.07. The average molecular weight is 252 g/mol. The van der Waals surface area contributed by atoms with E-state index in [1.54, 1.807) is 0 Å². The molecule has 1 saturated carbocycles. The molecule has 2 N–H and O–H groups in total. The van der Waals surface area contributed by atoms with Gasteiger partial charge in [-0.15, -0.1) is 0 Å². The third-order valence-electron chi connectivity index (χ3n) is 5.28. The van der Waals surface area contributed by atoms with Gasteiger partial charge in [0.15, 0.2) is 5.78 Å². The molecule has 3 heteroatoms. The van der Waals surface area contributed by atoms with Crippen molar-refractivity contribution >= 4 is 5.78 Å². The normalized spacial score (nSPS) is 44.8. The molecular weight excluding hydrogens is 228 g/mol. The quantitative estimate of drug-likeness (QED) is 0.751. The molecule has 0 saturated heterocycles. The summed E-state index contributed by atoms with van der Waals surface area (Å²) in [6.45, 7) is 7.98. The van der Waals surface area contributed by atoms with Gasteiger partial charge in [0, 0.05) is 0 Å². The van der Waals surface area contributed by atoms with E-state index in [1.807, 2.05) is 13.8 Å². The van der Waals surface area contributed by atoms with E-state index < -0.39 is 11.7 Å². The van der Waals surface area contributed by atoms with Crippen LogP contribution in [0.1, 0.15) is 47.0 Å². The molecule has 0 aromatic heterocycles. The fraction of sp³-hybridized carbons (Fsp3) is 0.800. The Hall–Kier alpha value is -0.670. The molecule has 102 valence electrons. The lowest BCUT2D eigenvalue weighted by Gasteiger charge is -2.51. The van der Waals surface area contributed by atoms with Crippen LogP contribution in [-0.2, 0) is 4.79 Å². The molecule has 18 heavy (non-hydrogen) atoms. The zero-order valence-corrected chi connectivity index (χ0v) is 11.7. The van der Waals surface area contributed by atoms with Crippen LogP contribution in [0.4, 0.5) is 0 Å². The molecule has 0 radical (unpaired) electrons. The topological polar surface area (TPSA) is 57.5 Å². The van der Waals surface area contributed by atoms with Crippen molar-refractivity contribution in [3.63, 3.8) is 0 Å². The summed E-state index contributed by atoms with van der Waals surface area (Å²) in [6, 6.07) is 0. The van der Waals surface area contributed by atoms with Crippen LogP contribution < -0.4 is 0 Å². The first kappa shape index (κ1) is 13.8. The Morgan fingerprint density at radius 1 is 1.39 bits per heavy atom. The van der Waals surface area contributed by atoms with Crippen LogP contribution in [0.3, 0.4) is 0 Å². The van der Waals surface area contributed by atoms with Gasteiger partial charge in [-0.2, -0.15) is 0 Å². The van der Waals surface area contributed by atoms with E-state index in [9.17, 15) is 15.0 Å². The Morgan fingerprint density at radius 2 is 2.00 bits per heavy atom. The molecular formula is C15H24O3. The van der Waals surface area contributed by atoms with Gasteiger partial charge < -0.3 is 10.2 Å². The molecule has 2 aliphatic carbocycles. The van der Waals surface area contributed by atoms with Crippen molar-refractivity contribution in [1.82, 2.24) is 0 Å². The SMILES string of the molecule is CC(C)[C@@]1(O)C[C@@]2(C)C(=CC1=O)[C@@H](O)CC[C@@H]2C. The lowest BCUT2D eigenvalue weighted by Crippen LogP contribution is -2.54. The van der Waals surface area contributed by atoms with Crippen LogP contribution in [0.5, 0.6) is 0 Å². The Kier molecular flexibility index (Phi) is 3.19. The number of rotatable bonds is 1. The summed E-state index contributed by atoms with van der Waals surface area (Å²) in [7, 11) is 0. The summed E-state index contributed by atoms with van der Waals surface area (Å²) in [4.78, 5) is 12.2. The molecule has 0 aliphatic heterocycles. The second-order valence-electron chi connectivity index (χ2n) is 6.63. The van der Waals surface area contributed by atoms with Crippen molar-refractivity contribution in [1.29, 1.82) is 0 Å². The van der Waals surface area contributed by atoms with Crippen molar-refractivity contribution in [2.45, 2.75) is 58.7 Å². The highest BCUT2D eigenvalue weighted by Crippen LogP contribution is 2.53. The van der Waals surface area contributed by atoms with Gasteiger partial charge in [0.25, 0.3) is 0 Å². The molecule has 1 fully saturated rings. The van der Waals surface area contributed by atoms with E-state index in [2.05, 4.69) is 13.8 Å². The first-order valence-electron chi connectivity index (χ1n) is 6.88. The number of aliphatic hydroxyl groups is 2. The van der Waals surface area contributed by atoms with Gasteiger partial charge in [0.1, 0.15) is 5.60 Å². The standard InChI is InChI=1S/C15H24O3/c1-9(2)15(18)8-14(4)10(3)5-6-12(16)11(14)7-13(15)17/h7,9-10,12,16,18H,5-6,8H2,1-4H3/t10-,12-,14+,15-/m0/s1. The van der Waals surface area contributed by atoms with Gasteiger partial charge in [-0.3, -0.25) is 4.79 Å². The van der Waals surface area contributed by atoms with Crippen molar-refractivity contribution in [3.8, 4) is 0 Å². The number of hydrogen-bond donors (Lipinski definition) is 2. The molecule has 3 nitrogen and oxygen atoms in total. The number of ketones is 1. The number of aliphatic hydroxyl groups excluding tert-OH is 1. The summed E-state index contributed by atoms with van der Waals surface area (Å²) >= 11 is 0. The minimum absolute atomic E-state index is 0.106. The Balaban J connectivity index is 2.49. The number of carbonyl (C=O) groups excluding carboxylic acids is 1. The number of hydrogen-bond acceptors (Lipinski definition) is 3. The maximum absolute atomic E-state index is 12.2. The van der Waals surface area contributed by atoms with Crippen LogP contribution >= 0.6 is 0 Å². The molecule has 0 aromatic rings. The highest BCUT2D eigenvalue weighted by molar-refractivity contribution is 5.99. The molecule has 2 rings (SSSR count). The maximum atomic E-state index is 12.2. The zero-order chi connectivity index (χ0) is 13.7. The molecule has 0 spiro atoms. The largest absolute Gasteiger partial charge is 0.389 e. The summed E-state index contributed by atoms with van der Waals surface area (Å²) in [5, 5.41) is 20.8. The van der Waals surface area contributed by atoms with Crippen molar-refractivity contribution < 1.29 is 15.0 Å². The molecule has 0 unspecified atom stereocenters. The van der Waals surface area contributed by atoms with Gasteiger partial charge in [-0.25, -0.2) is 0 Å². The first-order chi connectivity index (χ1) is 8.21. The maximum Gasteiger partial charge on any atom is 0.187 e. The van der Waals surface area contributed by atoms with E-state index in [4.69, 9.17) is 0 Å². The molecule has 0 amide bonds. The van der Waals surface area contributed by atoms with Crippen molar-refractivity contribution in [3.05, 3.63) is 11.6 Å². The smallest absolute Gasteiger partial charge is 0.187 e. The highest BCUT2D eigenvalue weighted by atomic mass is 16.3. The lowest BCUT2D eigenvalue weighted by molar-refractivity contribution is -0.145. The fourth-order valence-electron chi connectivity index (χ4n) is 3.49. The highest BCUT2D eigenvalue weighted by Gasteiger charge is 2.53. The molecule has 4 atom stereocenters. The number of fused-ring (bicyclic) bond motifs is 1. The van der Waals surface area contributed by atoms with Gasteiger partial charge in [-0.1, -0.05) is 27.7 Å². The van der Waals surface area contributed by atoms with Crippen LogP contribution in [0.2, 0.25) is 0 Å². The van der Waals surface area contributed by atoms with Crippen LogP contribution in [0.15, 0.2) is 11.6 Å².